The maximum Gasteiger partial charge on any atom is 0.0719 e. The van der Waals surface area contributed by atoms with E-state index in [0.29, 0.717) is 6.61 Å². The highest BCUT2D eigenvalue weighted by Gasteiger charge is 2.00. The van der Waals surface area contributed by atoms with Gasteiger partial charge in [0.2, 0.25) is 0 Å². The summed E-state index contributed by atoms with van der Waals surface area (Å²) < 4.78 is 0. The summed E-state index contributed by atoms with van der Waals surface area (Å²) in [5.74, 6) is 4.98. The van der Waals surface area contributed by atoms with Gasteiger partial charge in [-0.1, -0.05) is 12.1 Å². The van der Waals surface area contributed by atoms with Crippen molar-refractivity contribution in [2.24, 2.45) is 5.90 Å². The van der Waals surface area contributed by atoms with Gasteiger partial charge in [0.25, 0.3) is 0 Å². The van der Waals surface area contributed by atoms with Gasteiger partial charge in [-0.25, -0.2) is 5.90 Å². The Labute approximate surface area is 79.7 Å². The van der Waals surface area contributed by atoms with Gasteiger partial charge in [0.1, 0.15) is 0 Å². The molecule has 0 fully saturated rings. The predicted molar refractivity (Wildman–Crippen MR) is 54.5 cm³/mol. The SMILES string of the molecule is Cc1cc(CCON)cc(C)c1C. The normalized spacial score (nSPS) is 10.5. The van der Waals surface area contributed by atoms with Crippen molar-refractivity contribution in [2.45, 2.75) is 27.2 Å². The Kier molecular flexibility index (Phi) is 3.46. The second kappa shape index (κ2) is 4.40. The quantitative estimate of drug-likeness (QED) is 0.721. The molecule has 0 aliphatic rings. The lowest BCUT2D eigenvalue weighted by atomic mass is 9.99. The molecule has 1 aromatic carbocycles. The molecule has 0 saturated heterocycles. The fraction of sp³-hybridized carbons (Fsp3) is 0.455. The van der Waals surface area contributed by atoms with Crippen LogP contribution in [0.25, 0.3) is 0 Å². The summed E-state index contributed by atoms with van der Waals surface area (Å²) in [5.41, 5.74) is 5.35. The van der Waals surface area contributed by atoms with E-state index in [4.69, 9.17) is 5.90 Å². The molecular weight excluding hydrogens is 162 g/mol. The second-order valence-corrected chi connectivity index (χ2v) is 3.48. The average molecular weight is 179 g/mol. The molecule has 0 heterocycles. The molecule has 0 aliphatic heterocycles. The maximum absolute atomic E-state index is 4.98. The fourth-order valence-electron chi connectivity index (χ4n) is 1.45. The van der Waals surface area contributed by atoms with E-state index in [1.54, 1.807) is 0 Å². The number of hydrogen-bond donors (Lipinski definition) is 1. The summed E-state index contributed by atoms with van der Waals surface area (Å²) in [6.45, 7) is 7.00. The third-order valence-electron chi connectivity index (χ3n) is 2.50. The van der Waals surface area contributed by atoms with Crippen LogP contribution < -0.4 is 5.90 Å². The summed E-state index contributed by atoms with van der Waals surface area (Å²) in [5, 5.41) is 0. The molecule has 72 valence electrons. The van der Waals surface area contributed by atoms with Crippen molar-refractivity contribution in [3.8, 4) is 0 Å². The van der Waals surface area contributed by atoms with Crippen LogP contribution in [0.2, 0.25) is 0 Å². The van der Waals surface area contributed by atoms with Crippen molar-refractivity contribution in [1.82, 2.24) is 0 Å². The standard InChI is InChI=1S/C11H17NO/c1-8-6-11(4-5-13-12)7-9(2)10(8)3/h6-7H,4-5,12H2,1-3H3. The predicted octanol–water partition coefficient (Wildman–Crippen LogP) is 2.04. The molecule has 1 rings (SSSR count). The van der Waals surface area contributed by atoms with Crippen LogP contribution in [-0.2, 0) is 11.3 Å². The largest absolute Gasteiger partial charge is 0.304 e. The smallest absolute Gasteiger partial charge is 0.0719 e. The van der Waals surface area contributed by atoms with Gasteiger partial charge in [-0.15, -0.1) is 0 Å². The lowest BCUT2D eigenvalue weighted by molar-refractivity contribution is 0.141. The summed E-state index contributed by atoms with van der Waals surface area (Å²) in [4.78, 5) is 4.56. The molecule has 0 saturated carbocycles. The third kappa shape index (κ3) is 2.54. The van der Waals surface area contributed by atoms with E-state index < -0.39 is 0 Å². The van der Waals surface area contributed by atoms with Crippen LogP contribution in [0, 0.1) is 20.8 Å². The Morgan fingerprint density at radius 2 is 1.69 bits per heavy atom. The summed E-state index contributed by atoms with van der Waals surface area (Å²) in [7, 11) is 0. The van der Waals surface area contributed by atoms with Crippen molar-refractivity contribution >= 4 is 0 Å². The van der Waals surface area contributed by atoms with Crippen LogP contribution in [0.5, 0.6) is 0 Å². The Bertz CT molecular complexity index is 271. The summed E-state index contributed by atoms with van der Waals surface area (Å²) in [6.07, 6.45) is 0.887. The zero-order chi connectivity index (χ0) is 9.84. The van der Waals surface area contributed by atoms with Crippen LogP contribution >= 0.6 is 0 Å². The average Bonchev–Trinajstić information content (AvgIpc) is 2.10. The van der Waals surface area contributed by atoms with E-state index in [1.807, 2.05) is 0 Å². The van der Waals surface area contributed by atoms with Crippen LogP contribution in [-0.4, -0.2) is 6.61 Å². The molecule has 2 N–H and O–H groups in total. The van der Waals surface area contributed by atoms with E-state index in [-0.39, 0.29) is 0 Å². The molecule has 0 spiro atoms. The Morgan fingerprint density at radius 3 is 2.15 bits per heavy atom. The number of rotatable bonds is 3. The minimum Gasteiger partial charge on any atom is -0.304 e. The molecule has 0 amide bonds. The van der Waals surface area contributed by atoms with E-state index in [1.165, 1.54) is 22.3 Å². The van der Waals surface area contributed by atoms with Crippen LogP contribution in [0.4, 0.5) is 0 Å². The van der Waals surface area contributed by atoms with E-state index in [2.05, 4.69) is 37.7 Å². The van der Waals surface area contributed by atoms with Gasteiger partial charge >= 0.3 is 0 Å². The van der Waals surface area contributed by atoms with Gasteiger partial charge < -0.3 is 4.84 Å². The number of benzene rings is 1. The Hall–Kier alpha value is -0.860. The molecule has 0 atom stereocenters. The molecule has 13 heavy (non-hydrogen) atoms. The first-order chi connectivity index (χ1) is 6.15. The third-order valence-corrected chi connectivity index (χ3v) is 2.50. The van der Waals surface area contributed by atoms with Gasteiger partial charge in [-0.05, 0) is 49.4 Å². The van der Waals surface area contributed by atoms with Crippen LogP contribution in [0.3, 0.4) is 0 Å². The van der Waals surface area contributed by atoms with E-state index in [9.17, 15) is 0 Å². The molecule has 2 nitrogen and oxygen atoms in total. The van der Waals surface area contributed by atoms with Gasteiger partial charge in [-0.3, -0.25) is 0 Å². The lowest BCUT2D eigenvalue weighted by Gasteiger charge is -2.08. The van der Waals surface area contributed by atoms with Gasteiger partial charge in [-0.2, -0.15) is 0 Å². The lowest BCUT2D eigenvalue weighted by Crippen LogP contribution is -2.04. The van der Waals surface area contributed by atoms with E-state index >= 15 is 0 Å². The maximum atomic E-state index is 4.98. The fourth-order valence-corrected chi connectivity index (χ4v) is 1.45. The highest BCUT2D eigenvalue weighted by Crippen LogP contribution is 2.15. The minimum absolute atomic E-state index is 0.585. The van der Waals surface area contributed by atoms with Crippen molar-refractivity contribution < 1.29 is 4.84 Å². The highest BCUT2D eigenvalue weighted by atomic mass is 16.6. The molecular formula is C11H17NO. The van der Waals surface area contributed by atoms with Crippen molar-refractivity contribution in [3.05, 3.63) is 34.4 Å². The molecule has 0 unspecified atom stereocenters. The zero-order valence-electron chi connectivity index (χ0n) is 8.55. The van der Waals surface area contributed by atoms with Gasteiger partial charge in [0, 0.05) is 0 Å². The van der Waals surface area contributed by atoms with Gasteiger partial charge in [0.05, 0.1) is 6.61 Å². The second-order valence-electron chi connectivity index (χ2n) is 3.48. The molecule has 2 heteroatoms. The van der Waals surface area contributed by atoms with Crippen molar-refractivity contribution in [1.29, 1.82) is 0 Å². The Morgan fingerprint density at radius 1 is 1.15 bits per heavy atom. The molecule has 1 aromatic rings. The number of hydrogen-bond acceptors (Lipinski definition) is 2. The first-order valence-corrected chi connectivity index (χ1v) is 4.53. The summed E-state index contributed by atoms with van der Waals surface area (Å²) in [6, 6.07) is 4.39. The first kappa shape index (κ1) is 10.2. The zero-order valence-corrected chi connectivity index (χ0v) is 8.55. The van der Waals surface area contributed by atoms with Crippen LogP contribution in [0.15, 0.2) is 12.1 Å². The highest BCUT2D eigenvalue weighted by molar-refractivity contribution is 5.36. The van der Waals surface area contributed by atoms with Gasteiger partial charge in [0.15, 0.2) is 0 Å². The van der Waals surface area contributed by atoms with E-state index in [0.717, 1.165) is 6.42 Å². The van der Waals surface area contributed by atoms with Crippen molar-refractivity contribution in [2.75, 3.05) is 6.61 Å². The number of aryl methyl sites for hydroxylation is 2. The topological polar surface area (TPSA) is 35.2 Å². The molecule has 0 aliphatic carbocycles. The summed E-state index contributed by atoms with van der Waals surface area (Å²) >= 11 is 0. The monoisotopic (exact) mass is 179 g/mol. The molecule has 0 aromatic heterocycles. The molecule has 0 radical (unpaired) electrons. The first-order valence-electron chi connectivity index (χ1n) is 4.53. The molecule has 0 bridgehead atoms. The van der Waals surface area contributed by atoms with Crippen molar-refractivity contribution in [3.63, 3.8) is 0 Å². The Balaban J connectivity index is 2.86. The van der Waals surface area contributed by atoms with Crippen LogP contribution in [0.1, 0.15) is 22.3 Å². The minimum atomic E-state index is 0.585. The number of nitrogens with two attached hydrogens (primary N) is 1.